The molecule has 3 atom stereocenters. The molecule has 0 bridgehead atoms. The number of amides is 2. The van der Waals surface area contributed by atoms with E-state index in [1.807, 2.05) is 51.2 Å². The summed E-state index contributed by atoms with van der Waals surface area (Å²) < 4.78 is 6.36. The number of aliphatic hydroxyl groups excluding tert-OH is 1. The van der Waals surface area contributed by atoms with Gasteiger partial charge in [0, 0.05) is 43.6 Å². The fraction of sp³-hybridized carbons (Fsp3) is 0.516. The van der Waals surface area contributed by atoms with E-state index >= 15 is 0 Å². The minimum atomic E-state index is -0.369. The summed E-state index contributed by atoms with van der Waals surface area (Å²) in [4.78, 5) is 34.7. The Kier molecular flexibility index (Phi) is 9.41. The number of hydrogen-bond acceptors (Lipinski definition) is 5. The van der Waals surface area contributed by atoms with Gasteiger partial charge in [-0.1, -0.05) is 68.4 Å². The molecule has 4 rings (SSSR count). The third-order valence-electron chi connectivity index (χ3n) is 7.67. The van der Waals surface area contributed by atoms with Crippen LogP contribution < -0.4 is 4.74 Å². The van der Waals surface area contributed by atoms with E-state index in [1.165, 1.54) is 6.42 Å². The maximum absolute atomic E-state index is 13.6. The zero-order valence-corrected chi connectivity index (χ0v) is 22.7. The van der Waals surface area contributed by atoms with Gasteiger partial charge in [0.2, 0.25) is 11.8 Å². The van der Waals surface area contributed by atoms with E-state index in [1.54, 1.807) is 22.1 Å². The predicted octanol–water partition coefficient (Wildman–Crippen LogP) is 3.93. The van der Waals surface area contributed by atoms with E-state index < -0.39 is 0 Å². The van der Waals surface area contributed by atoms with Crippen LogP contribution in [0.1, 0.15) is 67.4 Å². The number of pyridine rings is 1. The molecular weight excluding hydrogens is 478 g/mol. The Morgan fingerprint density at radius 2 is 1.97 bits per heavy atom. The van der Waals surface area contributed by atoms with E-state index in [0.717, 1.165) is 31.2 Å². The highest BCUT2D eigenvalue weighted by molar-refractivity contribution is 5.97. The van der Waals surface area contributed by atoms with Gasteiger partial charge < -0.3 is 19.6 Å². The fourth-order valence-electron chi connectivity index (χ4n) is 5.25. The molecule has 1 N–H and O–H groups in total. The number of rotatable bonds is 6. The minimum absolute atomic E-state index is 0.0742. The zero-order chi connectivity index (χ0) is 27.1. The van der Waals surface area contributed by atoms with Crippen LogP contribution in [0.4, 0.5) is 0 Å². The number of ether oxygens (including phenoxy) is 1. The van der Waals surface area contributed by atoms with Crippen molar-refractivity contribution >= 4 is 11.8 Å². The van der Waals surface area contributed by atoms with E-state index in [2.05, 4.69) is 16.8 Å². The normalized spacial score (nSPS) is 20.7. The summed E-state index contributed by atoms with van der Waals surface area (Å²) in [6, 6.07) is 11.3. The van der Waals surface area contributed by atoms with Gasteiger partial charge in [-0.15, -0.1) is 0 Å². The van der Waals surface area contributed by atoms with Crippen LogP contribution in [0.15, 0.2) is 42.6 Å². The third kappa shape index (κ3) is 6.73. The number of carbonyl (C=O) groups excluding carboxylic acids is 2. The van der Waals surface area contributed by atoms with Crippen LogP contribution in [0.5, 0.6) is 5.88 Å². The number of carbonyl (C=O) groups is 2. The van der Waals surface area contributed by atoms with Gasteiger partial charge in [-0.05, 0) is 31.4 Å². The van der Waals surface area contributed by atoms with Crippen molar-refractivity contribution in [3.8, 4) is 17.7 Å². The Hall–Kier alpha value is -3.37. The molecule has 1 aliphatic heterocycles. The van der Waals surface area contributed by atoms with Crippen LogP contribution >= 0.6 is 0 Å². The molecule has 1 aromatic carbocycles. The summed E-state index contributed by atoms with van der Waals surface area (Å²) in [5, 5.41) is 9.89. The summed E-state index contributed by atoms with van der Waals surface area (Å²) in [5.41, 5.74) is 2.07. The molecule has 202 valence electrons. The predicted molar refractivity (Wildman–Crippen MR) is 147 cm³/mol. The second kappa shape index (κ2) is 12.9. The molecule has 2 aliphatic rings. The molecule has 1 saturated carbocycles. The summed E-state index contributed by atoms with van der Waals surface area (Å²) in [6.07, 6.45) is 7.16. The van der Waals surface area contributed by atoms with Crippen molar-refractivity contribution < 1.29 is 19.4 Å². The molecule has 2 aromatic rings. The van der Waals surface area contributed by atoms with Gasteiger partial charge in [0.1, 0.15) is 11.7 Å². The standard InChI is InChI=1S/C31H39N3O4/c1-22-19-34(23(2)21-35)31(37)27-17-25(14-10-13-24-11-6-4-7-12-24)18-32-29(27)38-28(22)20-33(3)30(36)26-15-8-5-9-16-26/h4,6-7,11-12,17-18,22-23,26,28,35H,5,8-9,13,15-16,19-21H2,1-3H3/t22-,23+,28-/m1/s1. The molecule has 0 saturated heterocycles. The van der Waals surface area contributed by atoms with Crippen molar-refractivity contribution in [2.45, 2.75) is 64.5 Å². The maximum atomic E-state index is 13.6. The molecule has 38 heavy (non-hydrogen) atoms. The lowest BCUT2D eigenvalue weighted by molar-refractivity contribution is -0.136. The van der Waals surface area contributed by atoms with Gasteiger partial charge in [-0.25, -0.2) is 4.98 Å². The Labute approximate surface area is 226 Å². The molecule has 1 aromatic heterocycles. The third-order valence-corrected chi connectivity index (χ3v) is 7.67. The van der Waals surface area contributed by atoms with E-state index in [4.69, 9.17) is 4.74 Å². The first-order chi connectivity index (χ1) is 18.4. The first-order valence-corrected chi connectivity index (χ1v) is 13.7. The fourth-order valence-corrected chi connectivity index (χ4v) is 5.25. The van der Waals surface area contributed by atoms with Gasteiger partial charge in [-0.2, -0.15) is 0 Å². The molecular formula is C31H39N3O4. The van der Waals surface area contributed by atoms with E-state index in [9.17, 15) is 14.7 Å². The maximum Gasteiger partial charge on any atom is 0.259 e. The molecule has 0 radical (unpaired) electrons. The molecule has 7 heteroatoms. The van der Waals surface area contributed by atoms with Crippen LogP contribution in [0, 0.1) is 23.7 Å². The Morgan fingerprint density at radius 1 is 1.24 bits per heavy atom. The summed E-state index contributed by atoms with van der Waals surface area (Å²) in [7, 11) is 1.84. The first kappa shape index (κ1) is 27.7. The van der Waals surface area contributed by atoms with Crippen LogP contribution in [0.25, 0.3) is 0 Å². The van der Waals surface area contributed by atoms with E-state index in [-0.39, 0.29) is 48.3 Å². The molecule has 1 fully saturated rings. The van der Waals surface area contributed by atoms with Gasteiger partial charge >= 0.3 is 0 Å². The monoisotopic (exact) mass is 517 g/mol. The van der Waals surface area contributed by atoms with E-state index in [0.29, 0.717) is 30.6 Å². The second-order valence-corrected chi connectivity index (χ2v) is 10.7. The average Bonchev–Trinajstić information content (AvgIpc) is 2.95. The molecule has 7 nitrogen and oxygen atoms in total. The summed E-state index contributed by atoms with van der Waals surface area (Å²) in [6.45, 7) is 4.51. The molecule has 1 aliphatic carbocycles. The number of hydrogen-bond donors (Lipinski definition) is 1. The number of aliphatic hydroxyl groups is 1. The van der Waals surface area contributed by atoms with Crippen LogP contribution in [-0.4, -0.2) is 70.6 Å². The van der Waals surface area contributed by atoms with Crippen LogP contribution in [-0.2, 0) is 11.2 Å². The van der Waals surface area contributed by atoms with Crippen molar-refractivity contribution in [3.63, 3.8) is 0 Å². The van der Waals surface area contributed by atoms with Crippen molar-refractivity contribution in [1.82, 2.24) is 14.8 Å². The molecule has 2 amide bonds. The minimum Gasteiger partial charge on any atom is -0.472 e. The number of fused-ring (bicyclic) bond motifs is 1. The average molecular weight is 518 g/mol. The smallest absolute Gasteiger partial charge is 0.259 e. The number of aromatic nitrogens is 1. The molecule has 0 unspecified atom stereocenters. The Bertz CT molecular complexity index is 1170. The Morgan fingerprint density at radius 3 is 2.68 bits per heavy atom. The topological polar surface area (TPSA) is 83.0 Å². The second-order valence-electron chi connectivity index (χ2n) is 10.7. The van der Waals surface area contributed by atoms with Gasteiger partial charge in [0.15, 0.2) is 0 Å². The highest BCUT2D eigenvalue weighted by Gasteiger charge is 2.35. The lowest BCUT2D eigenvalue weighted by Crippen LogP contribution is -2.51. The van der Waals surface area contributed by atoms with Crippen molar-refractivity contribution in [2.75, 3.05) is 26.7 Å². The van der Waals surface area contributed by atoms with Crippen LogP contribution in [0.3, 0.4) is 0 Å². The molecule has 0 spiro atoms. The highest BCUT2D eigenvalue weighted by Crippen LogP contribution is 2.29. The highest BCUT2D eigenvalue weighted by atomic mass is 16.5. The largest absolute Gasteiger partial charge is 0.472 e. The summed E-state index contributed by atoms with van der Waals surface area (Å²) >= 11 is 0. The lowest BCUT2D eigenvalue weighted by Gasteiger charge is -2.38. The zero-order valence-electron chi connectivity index (χ0n) is 22.7. The van der Waals surface area contributed by atoms with Gasteiger partial charge in [0.05, 0.1) is 19.2 Å². The quantitative estimate of drug-likeness (QED) is 0.587. The molecule has 2 heterocycles. The van der Waals surface area contributed by atoms with Crippen molar-refractivity contribution in [1.29, 1.82) is 0 Å². The Balaban J connectivity index is 1.58. The SMILES string of the molecule is C[C@@H]1CN([C@@H](C)CO)C(=O)c2cc(C#CCc3ccccc3)cnc2O[C@@H]1CN(C)C(=O)C1CCCCC1. The van der Waals surface area contributed by atoms with Crippen molar-refractivity contribution in [2.24, 2.45) is 11.8 Å². The van der Waals surface area contributed by atoms with Crippen LogP contribution in [0.2, 0.25) is 0 Å². The number of nitrogens with zero attached hydrogens (tertiary/aromatic N) is 3. The van der Waals surface area contributed by atoms with Crippen molar-refractivity contribution in [3.05, 3.63) is 59.3 Å². The van der Waals surface area contributed by atoms with Gasteiger partial charge in [-0.3, -0.25) is 9.59 Å². The first-order valence-electron chi connectivity index (χ1n) is 13.7. The number of benzene rings is 1. The number of likely N-dealkylation sites (N-methyl/N-ethyl adjacent to an activating group) is 1. The summed E-state index contributed by atoms with van der Waals surface area (Å²) in [5.74, 6) is 6.45. The van der Waals surface area contributed by atoms with Gasteiger partial charge in [0.25, 0.3) is 5.91 Å². The lowest BCUT2D eigenvalue weighted by atomic mass is 9.88.